The molecule has 1 atom stereocenters. The molecule has 2 aromatic rings. The first kappa shape index (κ1) is 15.8. The summed E-state index contributed by atoms with van der Waals surface area (Å²) in [6.07, 6.45) is 3.77. The Morgan fingerprint density at radius 2 is 2.04 bits per heavy atom. The van der Waals surface area contributed by atoms with E-state index < -0.39 is 0 Å². The lowest BCUT2D eigenvalue weighted by atomic mass is 10.0. The lowest BCUT2D eigenvalue weighted by molar-refractivity contribution is 0.135. The van der Waals surface area contributed by atoms with E-state index in [4.69, 9.17) is 14.0 Å². The highest BCUT2D eigenvalue weighted by atomic mass is 16.5. The van der Waals surface area contributed by atoms with Crippen molar-refractivity contribution in [2.45, 2.75) is 38.8 Å². The van der Waals surface area contributed by atoms with Gasteiger partial charge in [0.15, 0.2) is 11.5 Å². The van der Waals surface area contributed by atoms with Gasteiger partial charge in [-0.2, -0.15) is 4.98 Å². The molecule has 0 radical (unpaired) electrons. The third kappa shape index (κ3) is 3.47. The number of ether oxygens (including phenoxy) is 2. The van der Waals surface area contributed by atoms with Crippen molar-refractivity contribution >= 4 is 0 Å². The maximum absolute atomic E-state index is 5.43. The minimum absolute atomic E-state index is 0.570. The monoisotopic (exact) mass is 317 g/mol. The Morgan fingerprint density at radius 1 is 1.22 bits per heavy atom. The van der Waals surface area contributed by atoms with Gasteiger partial charge in [-0.15, -0.1) is 0 Å². The Hall–Kier alpha value is -2.08. The van der Waals surface area contributed by atoms with Crippen LogP contribution in [0.3, 0.4) is 0 Å². The van der Waals surface area contributed by atoms with Crippen molar-refractivity contribution in [2.24, 2.45) is 0 Å². The highest BCUT2D eigenvalue weighted by Gasteiger charge is 2.21. The molecule has 124 valence electrons. The Bertz CT molecular complexity index is 656. The van der Waals surface area contributed by atoms with Crippen LogP contribution in [0.15, 0.2) is 22.7 Å². The van der Waals surface area contributed by atoms with Crippen LogP contribution in [0.5, 0.6) is 11.5 Å². The van der Waals surface area contributed by atoms with Gasteiger partial charge < -0.3 is 14.0 Å². The van der Waals surface area contributed by atoms with Crippen LogP contribution in [0.2, 0.25) is 0 Å². The second kappa shape index (κ2) is 7.00. The van der Waals surface area contributed by atoms with Gasteiger partial charge >= 0.3 is 0 Å². The van der Waals surface area contributed by atoms with Crippen molar-refractivity contribution in [1.82, 2.24) is 15.0 Å². The molecular formula is C17H23N3O3. The molecular weight excluding hydrogens is 294 g/mol. The fourth-order valence-electron chi connectivity index (χ4n) is 2.98. The van der Waals surface area contributed by atoms with Crippen LogP contribution in [-0.4, -0.2) is 41.8 Å². The molecule has 0 bridgehead atoms. The van der Waals surface area contributed by atoms with Gasteiger partial charge in [-0.05, 0) is 44.5 Å². The van der Waals surface area contributed by atoms with Crippen LogP contribution < -0.4 is 9.47 Å². The summed E-state index contributed by atoms with van der Waals surface area (Å²) in [5.41, 5.74) is 0.851. The first-order chi connectivity index (χ1) is 11.2. The van der Waals surface area contributed by atoms with Crippen LogP contribution in [0.4, 0.5) is 0 Å². The van der Waals surface area contributed by atoms with Crippen molar-refractivity contribution in [1.29, 1.82) is 0 Å². The van der Waals surface area contributed by atoms with E-state index in [2.05, 4.69) is 22.0 Å². The Labute approximate surface area is 136 Å². The summed E-state index contributed by atoms with van der Waals surface area (Å²) in [5.74, 6) is 2.57. The summed E-state index contributed by atoms with van der Waals surface area (Å²) < 4.78 is 16.0. The fourth-order valence-corrected chi connectivity index (χ4v) is 2.98. The third-order valence-electron chi connectivity index (χ3n) is 4.39. The summed E-state index contributed by atoms with van der Waals surface area (Å²) >= 11 is 0. The van der Waals surface area contributed by atoms with Crippen LogP contribution in [0.1, 0.15) is 32.1 Å². The SMILES string of the molecule is COc1ccc(-c2noc(CN3CCCC[C@H]3C)n2)cc1OC. The van der Waals surface area contributed by atoms with Gasteiger partial charge in [0.25, 0.3) is 0 Å². The zero-order valence-corrected chi connectivity index (χ0v) is 13.9. The van der Waals surface area contributed by atoms with Gasteiger partial charge in [-0.3, -0.25) is 4.90 Å². The highest BCUT2D eigenvalue weighted by Crippen LogP contribution is 2.31. The minimum atomic E-state index is 0.570. The van der Waals surface area contributed by atoms with E-state index in [0.717, 1.165) is 12.1 Å². The fraction of sp³-hybridized carbons (Fsp3) is 0.529. The summed E-state index contributed by atoms with van der Waals surface area (Å²) in [5, 5.41) is 4.10. The topological polar surface area (TPSA) is 60.6 Å². The number of methoxy groups -OCH3 is 2. The molecule has 0 N–H and O–H groups in total. The molecule has 3 rings (SSSR count). The smallest absolute Gasteiger partial charge is 0.241 e. The molecule has 1 aliphatic rings. The Balaban J connectivity index is 1.76. The van der Waals surface area contributed by atoms with Crippen molar-refractivity contribution in [2.75, 3.05) is 20.8 Å². The van der Waals surface area contributed by atoms with E-state index in [1.165, 1.54) is 19.3 Å². The zero-order valence-electron chi connectivity index (χ0n) is 13.9. The molecule has 1 saturated heterocycles. The number of rotatable bonds is 5. The molecule has 6 heteroatoms. The Morgan fingerprint density at radius 3 is 2.78 bits per heavy atom. The molecule has 0 saturated carbocycles. The summed E-state index contributed by atoms with van der Waals surface area (Å²) in [6, 6.07) is 6.17. The minimum Gasteiger partial charge on any atom is -0.493 e. The number of hydrogen-bond donors (Lipinski definition) is 0. The third-order valence-corrected chi connectivity index (χ3v) is 4.39. The lowest BCUT2D eigenvalue weighted by Gasteiger charge is -2.31. The number of likely N-dealkylation sites (tertiary alicyclic amines) is 1. The van der Waals surface area contributed by atoms with E-state index in [0.29, 0.717) is 35.8 Å². The predicted octanol–water partition coefficient (Wildman–Crippen LogP) is 3.13. The molecule has 0 amide bonds. The predicted molar refractivity (Wildman–Crippen MR) is 86.6 cm³/mol. The van der Waals surface area contributed by atoms with Gasteiger partial charge in [-0.1, -0.05) is 11.6 Å². The van der Waals surface area contributed by atoms with Crippen LogP contribution in [0, 0.1) is 0 Å². The van der Waals surface area contributed by atoms with Crippen LogP contribution in [0.25, 0.3) is 11.4 Å². The van der Waals surface area contributed by atoms with Gasteiger partial charge in [0.1, 0.15) is 0 Å². The summed E-state index contributed by atoms with van der Waals surface area (Å²) in [6.45, 7) is 4.06. The second-order valence-corrected chi connectivity index (χ2v) is 5.90. The van der Waals surface area contributed by atoms with Crippen molar-refractivity contribution in [3.05, 3.63) is 24.1 Å². The van der Waals surface area contributed by atoms with E-state index in [1.807, 2.05) is 18.2 Å². The molecule has 0 spiro atoms. The number of aromatic nitrogens is 2. The van der Waals surface area contributed by atoms with Gasteiger partial charge in [-0.25, -0.2) is 0 Å². The quantitative estimate of drug-likeness (QED) is 0.844. The number of nitrogens with zero attached hydrogens (tertiary/aromatic N) is 3. The van der Waals surface area contributed by atoms with Crippen molar-refractivity contribution in [3.8, 4) is 22.9 Å². The number of hydrogen-bond acceptors (Lipinski definition) is 6. The maximum atomic E-state index is 5.43. The molecule has 23 heavy (non-hydrogen) atoms. The maximum Gasteiger partial charge on any atom is 0.241 e. The largest absolute Gasteiger partial charge is 0.493 e. The molecule has 1 aromatic carbocycles. The van der Waals surface area contributed by atoms with Gasteiger partial charge in [0, 0.05) is 11.6 Å². The highest BCUT2D eigenvalue weighted by molar-refractivity contribution is 5.60. The van der Waals surface area contributed by atoms with Crippen molar-refractivity contribution in [3.63, 3.8) is 0 Å². The van der Waals surface area contributed by atoms with E-state index in [1.54, 1.807) is 14.2 Å². The average molecular weight is 317 g/mol. The van der Waals surface area contributed by atoms with Gasteiger partial charge in [0.05, 0.1) is 20.8 Å². The molecule has 1 aliphatic heterocycles. The number of piperidine rings is 1. The molecule has 1 aromatic heterocycles. The standard InChI is InChI=1S/C17H23N3O3/c1-12-6-4-5-9-20(12)11-16-18-17(19-23-16)13-7-8-14(21-2)15(10-13)22-3/h7-8,10,12H,4-6,9,11H2,1-3H3/t12-/m1/s1. The summed E-state index contributed by atoms with van der Waals surface area (Å²) in [4.78, 5) is 6.92. The summed E-state index contributed by atoms with van der Waals surface area (Å²) in [7, 11) is 3.23. The molecule has 1 fully saturated rings. The number of benzene rings is 1. The lowest BCUT2D eigenvalue weighted by Crippen LogP contribution is -2.36. The first-order valence-electron chi connectivity index (χ1n) is 8.00. The van der Waals surface area contributed by atoms with E-state index in [9.17, 15) is 0 Å². The first-order valence-corrected chi connectivity index (χ1v) is 8.00. The van der Waals surface area contributed by atoms with E-state index >= 15 is 0 Å². The molecule has 0 unspecified atom stereocenters. The van der Waals surface area contributed by atoms with Crippen LogP contribution in [-0.2, 0) is 6.54 Å². The van der Waals surface area contributed by atoms with Crippen LogP contribution >= 0.6 is 0 Å². The average Bonchev–Trinajstić information content (AvgIpc) is 3.05. The zero-order chi connectivity index (χ0) is 16.2. The van der Waals surface area contributed by atoms with E-state index in [-0.39, 0.29) is 0 Å². The molecule has 0 aliphatic carbocycles. The van der Waals surface area contributed by atoms with Crippen molar-refractivity contribution < 1.29 is 14.0 Å². The Kier molecular flexibility index (Phi) is 4.81. The second-order valence-electron chi connectivity index (χ2n) is 5.90. The molecule has 6 nitrogen and oxygen atoms in total. The normalized spacial score (nSPS) is 18.8. The van der Waals surface area contributed by atoms with Gasteiger partial charge in [0.2, 0.25) is 11.7 Å². The molecule has 2 heterocycles.